The molecule has 1 saturated heterocycles. The lowest BCUT2D eigenvalue weighted by Gasteiger charge is -2.47. The summed E-state index contributed by atoms with van der Waals surface area (Å²) in [5.41, 5.74) is 0.716. The summed E-state index contributed by atoms with van der Waals surface area (Å²) < 4.78 is 25.1. The molecular formula is C20H24N4O4S. The molecule has 2 aliphatic rings. The molecule has 2 aliphatic heterocycles. The third-order valence-electron chi connectivity index (χ3n) is 5.81. The third kappa shape index (κ3) is 3.43. The number of rotatable bonds is 3. The zero-order valence-electron chi connectivity index (χ0n) is 16.6. The SMILES string of the molecule is CN(C)C(=O)[C@H]1[C@H]2C[C@H](CN(c3ccc(S(C)(=O)=O)cn3)C2)c2cccc(=O)n21. The molecule has 2 aromatic heterocycles. The van der Waals surface area contributed by atoms with Crippen molar-refractivity contribution in [1.82, 2.24) is 14.5 Å². The van der Waals surface area contributed by atoms with Crippen LogP contribution in [0.4, 0.5) is 5.82 Å². The fraction of sp³-hybridized carbons (Fsp3) is 0.450. The largest absolute Gasteiger partial charge is 0.356 e. The molecule has 1 amide bonds. The van der Waals surface area contributed by atoms with Gasteiger partial charge in [0.1, 0.15) is 11.9 Å². The molecule has 0 unspecified atom stereocenters. The standard InChI is InChI=1S/C20H24N4O4S/c1-22(2)20(26)19-14-9-13(16-5-4-6-18(25)24(16)19)11-23(12-14)17-8-7-15(10-21-17)29(3,27)28/h4-8,10,13-14,19H,9,11-12H2,1-3H3/t13-,14+,19-/m1/s1. The number of fused-ring (bicyclic) bond motifs is 4. The Morgan fingerprint density at radius 3 is 2.55 bits per heavy atom. The first-order chi connectivity index (χ1) is 13.7. The van der Waals surface area contributed by atoms with Crippen LogP contribution in [0.25, 0.3) is 0 Å². The van der Waals surface area contributed by atoms with Gasteiger partial charge in [-0.3, -0.25) is 14.2 Å². The molecule has 0 saturated carbocycles. The number of hydrogen-bond acceptors (Lipinski definition) is 6. The van der Waals surface area contributed by atoms with E-state index in [-0.39, 0.29) is 28.2 Å². The molecule has 3 atom stereocenters. The lowest BCUT2D eigenvalue weighted by Crippen LogP contribution is -2.53. The number of amides is 1. The summed E-state index contributed by atoms with van der Waals surface area (Å²) in [7, 11) is 0.0961. The van der Waals surface area contributed by atoms with Gasteiger partial charge in [0.2, 0.25) is 5.91 Å². The lowest BCUT2D eigenvalue weighted by molar-refractivity contribution is -0.134. The summed E-state index contributed by atoms with van der Waals surface area (Å²) in [6.07, 6.45) is 3.35. The molecule has 0 N–H and O–H groups in total. The molecule has 2 aromatic rings. The summed E-state index contributed by atoms with van der Waals surface area (Å²) >= 11 is 0. The second-order valence-corrected chi connectivity index (χ2v) is 10.1. The number of carbonyl (C=O) groups excluding carboxylic acids is 1. The number of nitrogens with zero attached hydrogens (tertiary/aromatic N) is 4. The Morgan fingerprint density at radius 2 is 1.93 bits per heavy atom. The zero-order chi connectivity index (χ0) is 20.9. The molecule has 0 spiro atoms. The van der Waals surface area contributed by atoms with Gasteiger partial charge in [0.15, 0.2) is 9.84 Å². The van der Waals surface area contributed by atoms with Crippen molar-refractivity contribution < 1.29 is 13.2 Å². The van der Waals surface area contributed by atoms with E-state index in [1.54, 1.807) is 36.9 Å². The number of sulfone groups is 1. The van der Waals surface area contributed by atoms with Gasteiger partial charge < -0.3 is 9.80 Å². The van der Waals surface area contributed by atoms with E-state index in [9.17, 15) is 18.0 Å². The molecule has 8 nitrogen and oxygen atoms in total. The Labute approximate surface area is 169 Å². The fourth-order valence-electron chi connectivity index (χ4n) is 4.48. The monoisotopic (exact) mass is 416 g/mol. The minimum absolute atomic E-state index is 0.0346. The maximum atomic E-state index is 13.0. The summed E-state index contributed by atoms with van der Waals surface area (Å²) in [5, 5.41) is 0. The third-order valence-corrected chi connectivity index (χ3v) is 6.91. The summed E-state index contributed by atoms with van der Waals surface area (Å²) in [6, 6.07) is 7.87. The van der Waals surface area contributed by atoms with E-state index in [0.717, 1.165) is 18.4 Å². The predicted octanol–water partition coefficient (Wildman–Crippen LogP) is 0.900. The Hall–Kier alpha value is -2.68. The van der Waals surface area contributed by atoms with E-state index in [4.69, 9.17) is 0 Å². The fourth-order valence-corrected chi connectivity index (χ4v) is 5.04. The van der Waals surface area contributed by atoms with E-state index < -0.39 is 15.9 Å². The summed E-state index contributed by atoms with van der Waals surface area (Å²) in [5.74, 6) is 0.651. The average Bonchev–Trinajstić information content (AvgIpc) is 2.68. The highest BCUT2D eigenvalue weighted by Crippen LogP contribution is 2.42. The van der Waals surface area contributed by atoms with Crippen molar-refractivity contribution in [3.8, 4) is 0 Å². The van der Waals surface area contributed by atoms with Crippen molar-refractivity contribution in [1.29, 1.82) is 0 Å². The van der Waals surface area contributed by atoms with Crippen LogP contribution in [0.15, 0.2) is 46.2 Å². The molecule has 4 heterocycles. The number of pyridine rings is 2. The molecule has 9 heteroatoms. The summed E-state index contributed by atoms with van der Waals surface area (Å²) in [4.78, 5) is 33.8. The van der Waals surface area contributed by atoms with Crippen LogP contribution in [-0.4, -0.2) is 62.2 Å². The number of piperidine rings is 1. The van der Waals surface area contributed by atoms with Crippen molar-refractivity contribution >= 4 is 21.6 Å². The molecule has 0 radical (unpaired) electrons. The molecular weight excluding hydrogens is 392 g/mol. The van der Waals surface area contributed by atoms with Crippen LogP contribution >= 0.6 is 0 Å². The van der Waals surface area contributed by atoms with Gasteiger partial charge >= 0.3 is 0 Å². The van der Waals surface area contributed by atoms with Crippen molar-refractivity contribution in [3.05, 3.63) is 52.6 Å². The van der Waals surface area contributed by atoms with Crippen molar-refractivity contribution in [2.45, 2.75) is 23.3 Å². The van der Waals surface area contributed by atoms with E-state index in [1.165, 1.54) is 17.2 Å². The first-order valence-electron chi connectivity index (χ1n) is 9.50. The molecule has 154 valence electrons. The smallest absolute Gasteiger partial charge is 0.251 e. The van der Waals surface area contributed by atoms with E-state index in [2.05, 4.69) is 9.88 Å². The molecule has 1 fully saturated rings. The van der Waals surface area contributed by atoms with Gasteiger partial charge in [0.25, 0.3) is 5.56 Å². The Balaban J connectivity index is 1.73. The van der Waals surface area contributed by atoms with E-state index >= 15 is 0 Å². The van der Waals surface area contributed by atoms with Gasteiger partial charge in [0, 0.05) is 63.2 Å². The van der Waals surface area contributed by atoms with E-state index in [0.29, 0.717) is 18.9 Å². The zero-order valence-corrected chi connectivity index (χ0v) is 17.5. The molecule has 2 bridgehead atoms. The Bertz CT molecular complexity index is 1110. The number of hydrogen-bond donors (Lipinski definition) is 0. The van der Waals surface area contributed by atoms with Crippen LogP contribution in [0, 0.1) is 5.92 Å². The van der Waals surface area contributed by atoms with Gasteiger partial charge in [0.05, 0.1) is 4.90 Å². The van der Waals surface area contributed by atoms with Crippen LogP contribution in [0.3, 0.4) is 0 Å². The number of likely N-dealkylation sites (N-methyl/N-ethyl adjacent to an activating group) is 1. The number of carbonyl (C=O) groups is 1. The summed E-state index contributed by atoms with van der Waals surface area (Å²) in [6.45, 7) is 1.24. The topological polar surface area (TPSA) is 92.6 Å². The van der Waals surface area contributed by atoms with Gasteiger partial charge in [-0.2, -0.15) is 0 Å². The van der Waals surface area contributed by atoms with Crippen molar-refractivity contribution in [2.24, 2.45) is 5.92 Å². The molecule has 0 aliphatic carbocycles. The number of aromatic nitrogens is 2. The van der Waals surface area contributed by atoms with Gasteiger partial charge in [-0.05, 0) is 24.6 Å². The van der Waals surface area contributed by atoms with Crippen LogP contribution in [-0.2, 0) is 14.6 Å². The number of anilines is 1. The lowest BCUT2D eigenvalue weighted by atomic mass is 9.78. The minimum Gasteiger partial charge on any atom is -0.356 e. The predicted molar refractivity (Wildman–Crippen MR) is 109 cm³/mol. The average molecular weight is 417 g/mol. The molecule has 4 rings (SSSR count). The van der Waals surface area contributed by atoms with E-state index in [1.807, 2.05) is 6.07 Å². The maximum Gasteiger partial charge on any atom is 0.251 e. The highest BCUT2D eigenvalue weighted by atomic mass is 32.2. The maximum absolute atomic E-state index is 13.0. The second-order valence-electron chi connectivity index (χ2n) is 8.06. The van der Waals surface area contributed by atoms with Crippen molar-refractivity contribution in [2.75, 3.05) is 38.3 Å². The first kappa shape index (κ1) is 19.6. The molecule has 29 heavy (non-hydrogen) atoms. The Kier molecular flexibility index (Phi) is 4.72. The van der Waals surface area contributed by atoms with Crippen LogP contribution in [0.1, 0.15) is 24.1 Å². The molecule has 0 aromatic carbocycles. The van der Waals surface area contributed by atoms with Crippen molar-refractivity contribution in [3.63, 3.8) is 0 Å². The van der Waals surface area contributed by atoms with Gasteiger partial charge in [-0.25, -0.2) is 13.4 Å². The normalized spacial score (nSPS) is 23.4. The second kappa shape index (κ2) is 6.98. The highest BCUT2D eigenvalue weighted by molar-refractivity contribution is 7.90. The van der Waals surface area contributed by atoms with Crippen LogP contribution in [0.5, 0.6) is 0 Å². The Morgan fingerprint density at radius 1 is 1.17 bits per heavy atom. The minimum atomic E-state index is -3.31. The highest BCUT2D eigenvalue weighted by Gasteiger charge is 2.44. The van der Waals surface area contributed by atoms with Crippen LogP contribution in [0.2, 0.25) is 0 Å². The first-order valence-corrected chi connectivity index (χ1v) is 11.4. The quantitative estimate of drug-likeness (QED) is 0.738. The van der Waals surface area contributed by atoms with Gasteiger partial charge in [-0.15, -0.1) is 0 Å². The van der Waals surface area contributed by atoms with Gasteiger partial charge in [-0.1, -0.05) is 6.07 Å². The van der Waals surface area contributed by atoms with Crippen LogP contribution < -0.4 is 10.5 Å².